The Labute approximate surface area is 127 Å². The molecule has 1 aromatic heterocycles. The van der Waals surface area contributed by atoms with Crippen molar-refractivity contribution in [2.45, 2.75) is 57.6 Å². The highest BCUT2D eigenvalue weighted by Crippen LogP contribution is 2.24. The molecule has 0 aromatic carbocycles. The number of aliphatic hydroxyl groups is 1. The van der Waals surface area contributed by atoms with Crippen LogP contribution in [0.2, 0.25) is 0 Å². The van der Waals surface area contributed by atoms with E-state index in [1.165, 1.54) is 0 Å². The minimum absolute atomic E-state index is 0.132. The molecule has 1 N–H and O–H groups in total. The molecule has 0 saturated carbocycles. The van der Waals surface area contributed by atoms with Crippen molar-refractivity contribution in [2.24, 2.45) is 5.92 Å². The number of aryl methyl sites for hydroxylation is 1. The summed E-state index contributed by atoms with van der Waals surface area (Å²) in [5, 5.41) is 9.38. The summed E-state index contributed by atoms with van der Waals surface area (Å²) in [5.41, 5.74) is 0.665. The van der Waals surface area contributed by atoms with E-state index in [9.17, 15) is 13.5 Å². The fourth-order valence-electron chi connectivity index (χ4n) is 2.87. The van der Waals surface area contributed by atoms with Crippen LogP contribution in [0.15, 0.2) is 17.2 Å². The Morgan fingerprint density at radius 2 is 2.10 bits per heavy atom. The average molecular weight is 314 g/mol. The van der Waals surface area contributed by atoms with Crippen LogP contribution >= 0.6 is 0 Å². The first-order valence-electron chi connectivity index (χ1n) is 7.79. The monoisotopic (exact) mass is 314 g/mol. The molecular weight excluding hydrogens is 288 g/mol. The lowest BCUT2D eigenvalue weighted by molar-refractivity contribution is 0.270. The molecule has 1 saturated heterocycles. The largest absolute Gasteiger partial charge is 0.390 e. The van der Waals surface area contributed by atoms with E-state index < -0.39 is 10.0 Å². The number of hydrogen-bond acceptors (Lipinski definition) is 3. The Bertz CT molecular complexity index is 565. The van der Waals surface area contributed by atoms with Crippen molar-refractivity contribution in [1.29, 1.82) is 0 Å². The van der Waals surface area contributed by atoms with Gasteiger partial charge in [-0.3, -0.25) is 0 Å². The van der Waals surface area contributed by atoms with Crippen molar-refractivity contribution >= 4 is 10.0 Å². The zero-order valence-corrected chi connectivity index (χ0v) is 13.8. The van der Waals surface area contributed by atoms with E-state index in [2.05, 4.69) is 6.92 Å². The molecule has 1 aromatic rings. The first kappa shape index (κ1) is 16.5. The molecule has 21 heavy (non-hydrogen) atoms. The second-order valence-electron chi connectivity index (χ2n) is 5.96. The van der Waals surface area contributed by atoms with E-state index >= 15 is 0 Å². The van der Waals surface area contributed by atoms with Gasteiger partial charge in [-0.1, -0.05) is 13.8 Å². The lowest BCUT2D eigenvalue weighted by Gasteiger charge is -2.19. The predicted octanol–water partition coefficient (Wildman–Crippen LogP) is 2.20. The molecule has 1 unspecified atom stereocenters. The lowest BCUT2D eigenvalue weighted by Crippen LogP contribution is -2.31. The molecule has 0 aliphatic carbocycles. The van der Waals surface area contributed by atoms with E-state index in [0.29, 0.717) is 29.6 Å². The molecule has 1 fully saturated rings. The van der Waals surface area contributed by atoms with Crippen LogP contribution in [0, 0.1) is 5.92 Å². The van der Waals surface area contributed by atoms with Gasteiger partial charge in [0.15, 0.2) is 0 Å². The molecule has 1 aliphatic heterocycles. The maximum absolute atomic E-state index is 12.8. The smallest absolute Gasteiger partial charge is 0.244 e. The maximum Gasteiger partial charge on any atom is 0.244 e. The topological polar surface area (TPSA) is 62.5 Å². The van der Waals surface area contributed by atoms with Crippen molar-refractivity contribution in [3.8, 4) is 0 Å². The quantitative estimate of drug-likeness (QED) is 0.906. The Kier molecular flexibility index (Phi) is 5.46. The van der Waals surface area contributed by atoms with E-state index in [-0.39, 0.29) is 6.61 Å². The van der Waals surface area contributed by atoms with E-state index in [1.54, 1.807) is 16.6 Å². The summed E-state index contributed by atoms with van der Waals surface area (Å²) in [6, 6.07) is 1.61. The predicted molar refractivity (Wildman–Crippen MR) is 82.4 cm³/mol. The van der Waals surface area contributed by atoms with Gasteiger partial charge in [-0.25, -0.2) is 8.42 Å². The summed E-state index contributed by atoms with van der Waals surface area (Å²) in [6.45, 7) is 6.00. The van der Waals surface area contributed by atoms with Gasteiger partial charge in [-0.05, 0) is 37.7 Å². The van der Waals surface area contributed by atoms with E-state index in [1.807, 2.05) is 11.5 Å². The molecule has 0 amide bonds. The van der Waals surface area contributed by atoms with Crippen LogP contribution in [-0.4, -0.2) is 35.5 Å². The minimum Gasteiger partial charge on any atom is -0.390 e. The molecule has 0 spiro atoms. The summed E-state index contributed by atoms with van der Waals surface area (Å²) < 4.78 is 29.0. The summed E-state index contributed by atoms with van der Waals surface area (Å²) >= 11 is 0. The Morgan fingerprint density at radius 1 is 1.33 bits per heavy atom. The van der Waals surface area contributed by atoms with Crippen molar-refractivity contribution in [2.75, 3.05) is 13.1 Å². The molecule has 2 heterocycles. The normalized spacial score (nSPS) is 21.4. The van der Waals surface area contributed by atoms with Crippen molar-refractivity contribution < 1.29 is 13.5 Å². The molecule has 5 nitrogen and oxygen atoms in total. The van der Waals surface area contributed by atoms with Crippen LogP contribution in [-0.2, 0) is 23.2 Å². The highest BCUT2D eigenvalue weighted by atomic mass is 32.2. The summed E-state index contributed by atoms with van der Waals surface area (Å²) in [4.78, 5) is 0.314. The van der Waals surface area contributed by atoms with Gasteiger partial charge in [0.05, 0.1) is 6.61 Å². The van der Waals surface area contributed by atoms with Gasteiger partial charge in [-0.15, -0.1) is 0 Å². The van der Waals surface area contributed by atoms with Crippen molar-refractivity contribution in [3.63, 3.8) is 0 Å². The Hall–Kier alpha value is -0.850. The summed E-state index contributed by atoms with van der Waals surface area (Å²) in [6.07, 6.45) is 5.50. The summed E-state index contributed by atoms with van der Waals surface area (Å²) in [5.74, 6) is 0.586. The molecular formula is C15H26N2O3S. The van der Waals surface area contributed by atoms with E-state index in [4.69, 9.17) is 0 Å². The molecule has 0 bridgehead atoms. The lowest BCUT2D eigenvalue weighted by atomic mass is 10.0. The molecule has 0 radical (unpaired) electrons. The number of nitrogens with zero attached hydrogens (tertiary/aromatic N) is 2. The number of aliphatic hydroxyl groups excluding tert-OH is 1. The van der Waals surface area contributed by atoms with Gasteiger partial charge in [0.2, 0.25) is 10.0 Å². The van der Waals surface area contributed by atoms with Gasteiger partial charge >= 0.3 is 0 Å². The maximum atomic E-state index is 12.8. The SMILES string of the molecule is CCCn1cc(S(=O)(=O)N2CCCC(C)CC2)cc1CO. The van der Waals surface area contributed by atoms with Crippen molar-refractivity contribution in [3.05, 3.63) is 18.0 Å². The first-order valence-corrected chi connectivity index (χ1v) is 9.23. The van der Waals surface area contributed by atoms with E-state index in [0.717, 1.165) is 32.2 Å². The van der Waals surface area contributed by atoms with Gasteiger partial charge in [0.25, 0.3) is 0 Å². The molecule has 6 heteroatoms. The zero-order valence-electron chi connectivity index (χ0n) is 13.0. The average Bonchev–Trinajstić information content (AvgIpc) is 2.73. The number of rotatable bonds is 5. The van der Waals surface area contributed by atoms with Crippen LogP contribution < -0.4 is 0 Å². The molecule has 1 aliphatic rings. The highest BCUT2D eigenvalue weighted by Gasteiger charge is 2.28. The number of hydrogen-bond donors (Lipinski definition) is 1. The minimum atomic E-state index is -3.44. The second kappa shape index (κ2) is 6.94. The molecule has 2 rings (SSSR count). The third-order valence-corrected chi connectivity index (χ3v) is 6.06. The second-order valence-corrected chi connectivity index (χ2v) is 7.90. The van der Waals surface area contributed by atoms with Gasteiger partial charge < -0.3 is 9.67 Å². The number of sulfonamides is 1. The number of aromatic nitrogens is 1. The third kappa shape index (κ3) is 3.67. The standard InChI is InChI=1S/C15H26N2O3S/c1-3-7-16-11-15(10-14(16)12-18)21(19,20)17-8-4-5-13(2)6-9-17/h10-11,13,18H,3-9,12H2,1-2H3. The van der Waals surface area contributed by atoms with Crippen molar-refractivity contribution in [1.82, 2.24) is 8.87 Å². The molecule has 120 valence electrons. The Balaban J connectivity index is 2.26. The van der Waals surface area contributed by atoms with Crippen LogP contribution in [0.1, 0.15) is 45.2 Å². The third-order valence-electron chi connectivity index (χ3n) is 4.20. The zero-order chi connectivity index (χ0) is 15.5. The van der Waals surface area contributed by atoms with Gasteiger partial charge in [0.1, 0.15) is 4.90 Å². The fourth-order valence-corrected chi connectivity index (χ4v) is 4.43. The van der Waals surface area contributed by atoms with Crippen LogP contribution in [0.4, 0.5) is 0 Å². The fraction of sp³-hybridized carbons (Fsp3) is 0.733. The molecule has 1 atom stereocenters. The first-order chi connectivity index (χ1) is 9.98. The highest BCUT2D eigenvalue weighted by molar-refractivity contribution is 7.89. The van der Waals surface area contributed by atoms with Gasteiger partial charge in [0, 0.05) is 31.5 Å². The Morgan fingerprint density at radius 3 is 2.76 bits per heavy atom. The van der Waals surface area contributed by atoms with Crippen LogP contribution in [0.5, 0.6) is 0 Å². The van der Waals surface area contributed by atoms with Crippen LogP contribution in [0.3, 0.4) is 0 Å². The summed E-state index contributed by atoms with van der Waals surface area (Å²) in [7, 11) is -3.44. The van der Waals surface area contributed by atoms with Gasteiger partial charge in [-0.2, -0.15) is 4.31 Å². The van der Waals surface area contributed by atoms with Crippen LogP contribution in [0.25, 0.3) is 0 Å².